The largest absolute Gasteiger partial charge is 0.506 e. The molecule has 0 aliphatic carbocycles. The number of morpholine rings is 1. The van der Waals surface area contributed by atoms with Crippen LogP contribution in [0.3, 0.4) is 0 Å². The second-order valence-electron chi connectivity index (χ2n) is 10.7. The minimum Gasteiger partial charge on any atom is -0.506 e. The van der Waals surface area contributed by atoms with Gasteiger partial charge in [0.25, 0.3) is 5.91 Å². The molecule has 3 heterocycles. The predicted molar refractivity (Wildman–Crippen MR) is 153 cm³/mol. The van der Waals surface area contributed by atoms with E-state index in [1.165, 1.54) is 19.2 Å². The molecule has 2 aliphatic heterocycles. The van der Waals surface area contributed by atoms with Gasteiger partial charge in [0.1, 0.15) is 29.8 Å². The van der Waals surface area contributed by atoms with E-state index in [1.54, 1.807) is 20.8 Å². The minimum absolute atomic E-state index is 0.0352. The van der Waals surface area contributed by atoms with E-state index < -0.39 is 59.1 Å². The highest BCUT2D eigenvalue weighted by atomic mass is 16.7. The van der Waals surface area contributed by atoms with Crippen LogP contribution < -0.4 is 21.2 Å². The fourth-order valence-electron chi connectivity index (χ4n) is 5.15. The van der Waals surface area contributed by atoms with Crippen molar-refractivity contribution in [2.24, 2.45) is 0 Å². The van der Waals surface area contributed by atoms with Crippen molar-refractivity contribution in [2.45, 2.75) is 51.0 Å². The summed E-state index contributed by atoms with van der Waals surface area (Å²) < 4.78 is 33.6. The van der Waals surface area contributed by atoms with Gasteiger partial charge in [0.2, 0.25) is 6.29 Å². The van der Waals surface area contributed by atoms with Gasteiger partial charge < -0.3 is 43.6 Å². The summed E-state index contributed by atoms with van der Waals surface area (Å²) >= 11 is 0. The topological polar surface area (TPSA) is 187 Å². The Bertz CT molecular complexity index is 1450. The number of hydrogen-bond acceptors (Lipinski definition) is 13. The van der Waals surface area contributed by atoms with E-state index in [4.69, 9.17) is 39.4 Å². The Balaban J connectivity index is 1.53. The van der Waals surface area contributed by atoms with Crippen LogP contribution in [0.25, 0.3) is 11.0 Å². The highest BCUT2D eigenvalue weighted by molar-refractivity contribution is 6.02. The van der Waals surface area contributed by atoms with Crippen molar-refractivity contribution in [1.29, 1.82) is 0 Å². The maximum Gasteiger partial charge on any atom is 0.431 e. The maximum absolute atomic E-state index is 12.9. The molecule has 240 valence electrons. The van der Waals surface area contributed by atoms with Gasteiger partial charge in [0.05, 0.1) is 24.2 Å². The van der Waals surface area contributed by atoms with Crippen molar-refractivity contribution in [3.63, 3.8) is 0 Å². The lowest BCUT2D eigenvalue weighted by Crippen LogP contribution is -2.65. The number of carbonyl (C=O) groups excluding carboxylic acids is 2. The van der Waals surface area contributed by atoms with Gasteiger partial charge in [-0.1, -0.05) is 5.92 Å². The summed E-state index contributed by atoms with van der Waals surface area (Å²) in [5.74, 6) is 0.997. The van der Waals surface area contributed by atoms with Gasteiger partial charge in [-0.2, -0.15) is 5.48 Å². The van der Waals surface area contributed by atoms with E-state index >= 15 is 0 Å². The molecule has 0 bridgehead atoms. The van der Waals surface area contributed by atoms with Crippen molar-refractivity contribution >= 4 is 23.0 Å². The number of carbonyl (C=O) groups is 2. The van der Waals surface area contributed by atoms with Crippen molar-refractivity contribution in [2.75, 3.05) is 53.1 Å². The molecule has 15 heteroatoms. The summed E-state index contributed by atoms with van der Waals surface area (Å²) in [7, 11) is 1.37. The lowest BCUT2D eigenvalue weighted by Gasteiger charge is -2.47. The molecule has 0 spiro atoms. The Morgan fingerprint density at radius 3 is 2.66 bits per heavy atom. The Labute approximate surface area is 253 Å². The Hall–Kier alpha value is -3.91. The van der Waals surface area contributed by atoms with Crippen molar-refractivity contribution in [3.05, 3.63) is 33.7 Å². The molecule has 1 aromatic carbocycles. The first-order valence-electron chi connectivity index (χ1n) is 13.9. The highest BCUT2D eigenvalue weighted by Gasteiger charge is 2.53. The number of nitrogens with one attached hydrogen (secondary N) is 2. The summed E-state index contributed by atoms with van der Waals surface area (Å²) in [4.78, 5) is 44.8. The number of fused-ring (bicyclic) bond motifs is 1. The summed E-state index contributed by atoms with van der Waals surface area (Å²) in [6, 6.07) is 2.86. The van der Waals surface area contributed by atoms with Gasteiger partial charge in [0.15, 0.2) is 17.8 Å². The second-order valence-corrected chi connectivity index (χ2v) is 10.7. The molecule has 0 saturated carbocycles. The zero-order chi connectivity index (χ0) is 32.0. The molecular formula is C29H37N3O12. The van der Waals surface area contributed by atoms with E-state index in [0.717, 1.165) is 13.1 Å². The van der Waals surface area contributed by atoms with Crippen molar-refractivity contribution in [3.8, 4) is 23.8 Å². The third-order valence-corrected chi connectivity index (χ3v) is 7.36. The fraction of sp³-hybridized carbons (Fsp3) is 0.552. The van der Waals surface area contributed by atoms with Crippen LogP contribution in [0.15, 0.2) is 21.3 Å². The number of aliphatic hydroxyl groups is 1. The number of aliphatic hydroxyl groups excluding tert-OH is 1. The zero-order valence-electron chi connectivity index (χ0n) is 24.9. The number of hydroxylamine groups is 1. The Kier molecular flexibility index (Phi) is 10.7. The smallest absolute Gasteiger partial charge is 0.431 e. The lowest BCUT2D eigenvalue weighted by molar-refractivity contribution is -0.305. The third-order valence-electron chi connectivity index (χ3n) is 7.36. The number of aryl methyl sites for hydroxylation is 1. The number of nitrogens with zero attached hydrogens (tertiary/aromatic N) is 1. The molecule has 4 atom stereocenters. The van der Waals surface area contributed by atoms with E-state index in [1.807, 2.05) is 5.48 Å². The lowest BCUT2D eigenvalue weighted by atomic mass is 9.89. The van der Waals surface area contributed by atoms with E-state index in [2.05, 4.69) is 16.1 Å². The molecule has 4 rings (SSSR count). The molecule has 0 radical (unpaired) electrons. The highest BCUT2D eigenvalue weighted by Crippen LogP contribution is 2.37. The molecule has 2 fully saturated rings. The Morgan fingerprint density at radius 2 is 1.98 bits per heavy atom. The van der Waals surface area contributed by atoms with Gasteiger partial charge in [-0.25, -0.2) is 9.59 Å². The number of hydrogen-bond donors (Lipinski definition) is 4. The van der Waals surface area contributed by atoms with Gasteiger partial charge in [-0.15, -0.1) is 6.42 Å². The van der Waals surface area contributed by atoms with Crippen LogP contribution >= 0.6 is 0 Å². The van der Waals surface area contributed by atoms with Gasteiger partial charge in [0, 0.05) is 38.9 Å². The van der Waals surface area contributed by atoms with Crippen LogP contribution in [-0.2, 0) is 23.8 Å². The third kappa shape index (κ3) is 7.24. The summed E-state index contributed by atoms with van der Waals surface area (Å²) in [5, 5.41) is 24.8. The standard InChI is InChI=1S/C29H37N3O12/c1-6-13-40-31-28(37)43-23-21(34)27(44-29(3,4)24(23)38-5)41-18-8-7-17-20(33)19(26(36)42-22(17)16(18)2)25(35)30-9-10-32-11-14-39-15-12-32/h1,7-8,21,23-24,27,33-34H,9-15H2,2-5H3,(H,30,35)(H,31,37)/t21-,23+,24-,27-/m1/s1. The number of aromatic hydroxyl groups is 1. The predicted octanol–water partition coefficient (Wildman–Crippen LogP) is 0.418. The zero-order valence-corrected chi connectivity index (χ0v) is 24.9. The average Bonchev–Trinajstić information content (AvgIpc) is 2.98. The average molecular weight is 620 g/mol. The molecule has 2 aliphatic rings. The van der Waals surface area contributed by atoms with Crippen LogP contribution in [0.4, 0.5) is 4.79 Å². The monoisotopic (exact) mass is 619 g/mol. The molecule has 44 heavy (non-hydrogen) atoms. The number of benzene rings is 1. The van der Waals surface area contributed by atoms with E-state index in [9.17, 15) is 24.6 Å². The number of ether oxygens (including phenoxy) is 5. The summed E-state index contributed by atoms with van der Waals surface area (Å²) in [6.45, 7) is 8.18. The summed E-state index contributed by atoms with van der Waals surface area (Å²) in [5.41, 5.74) is -0.427. The molecule has 1 aromatic heterocycles. The molecule has 0 unspecified atom stereocenters. The molecule has 2 amide bonds. The minimum atomic E-state index is -1.55. The fourth-order valence-corrected chi connectivity index (χ4v) is 5.15. The van der Waals surface area contributed by atoms with Crippen LogP contribution in [0.2, 0.25) is 0 Å². The van der Waals surface area contributed by atoms with Gasteiger partial charge in [-0.3, -0.25) is 14.5 Å². The van der Waals surface area contributed by atoms with Crippen LogP contribution in [0.5, 0.6) is 11.5 Å². The summed E-state index contributed by atoms with van der Waals surface area (Å²) in [6.07, 6.45) is -1.04. The van der Waals surface area contributed by atoms with Gasteiger partial charge in [-0.05, 0) is 32.9 Å². The van der Waals surface area contributed by atoms with E-state index in [0.29, 0.717) is 19.8 Å². The first kappa shape index (κ1) is 33.0. The molecule has 2 aromatic rings. The second kappa shape index (κ2) is 14.2. The first-order chi connectivity index (χ1) is 21.0. The van der Waals surface area contributed by atoms with Gasteiger partial charge >= 0.3 is 11.7 Å². The van der Waals surface area contributed by atoms with E-state index in [-0.39, 0.29) is 35.4 Å². The maximum atomic E-state index is 12.9. The number of methoxy groups -OCH3 is 1. The number of amides is 2. The normalized spacial score (nSPS) is 23.5. The molecule has 15 nitrogen and oxygen atoms in total. The van der Waals surface area contributed by atoms with Crippen LogP contribution in [-0.4, -0.2) is 110 Å². The SMILES string of the molecule is C#CCONC(=O)O[C@H]1[C@@H](O)[C@H](Oc2ccc3c(O)c(C(=O)NCCN4CCOCC4)c(=O)oc3c2C)OC(C)(C)[C@@H]1OC. The van der Waals surface area contributed by atoms with Crippen LogP contribution in [0, 0.1) is 19.3 Å². The van der Waals surface area contributed by atoms with Crippen LogP contribution in [0.1, 0.15) is 29.8 Å². The first-order valence-corrected chi connectivity index (χ1v) is 13.9. The van der Waals surface area contributed by atoms with Crippen molar-refractivity contribution < 1.29 is 52.7 Å². The Morgan fingerprint density at radius 1 is 1.25 bits per heavy atom. The quantitative estimate of drug-likeness (QED) is 0.124. The molecule has 4 N–H and O–H groups in total. The molecular weight excluding hydrogens is 582 g/mol. The molecule has 2 saturated heterocycles. The van der Waals surface area contributed by atoms with Crippen molar-refractivity contribution in [1.82, 2.24) is 15.7 Å². The number of rotatable bonds is 10. The number of terminal acetylenes is 1.